The van der Waals surface area contributed by atoms with E-state index in [0.29, 0.717) is 24.4 Å². The molecule has 7 nitrogen and oxygen atoms in total. The second-order valence-corrected chi connectivity index (χ2v) is 8.36. The van der Waals surface area contributed by atoms with Gasteiger partial charge in [-0.15, -0.1) is 0 Å². The van der Waals surface area contributed by atoms with E-state index in [4.69, 9.17) is 21.7 Å². The third-order valence-electron chi connectivity index (χ3n) is 4.11. The van der Waals surface area contributed by atoms with Gasteiger partial charge in [-0.2, -0.15) is 0 Å². The number of anilines is 1. The van der Waals surface area contributed by atoms with Gasteiger partial charge in [0.25, 0.3) is 0 Å². The Morgan fingerprint density at radius 1 is 1.36 bits per heavy atom. The number of thiocarbonyl (C=S) groups is 1. The van der Waals surface area contributed by atoms with Crippen molar-refractivity contribution in [1.82, 2.24) is 10.3 Å². The quantitative estimate of drug-likeness (QED) is 0.549. The highest BCUT2D eigenvalue weighted by atomic mass is 32.1. The zero-order valence-corrected chi connectivity index (χ0v) is 17.8. The van der Waals surface area contributed by atoms with Crippen LogP contribution in [0.2, 0.25) is 0 Å². The van der Waals surface area contributed by atoms with Crippen LogP contribution < -0.4 is 10.2 Å². The van der Waals surface area contributed by atoms with E-state index >= 15 is 0 Å². The zero-order valence-electron chi connectivity index (χ0n) is 17.0. The molecule has 0 saturated carbocycles. The monoisotopic (exact) mass is 407 g/mol. The summed E-state index contributed by atoms with van der Waals surface area (Å²) in [7, 11) is 0. The van der Waals surface area contributed by atoms with E-state index in [0.717, 1.165) is 24.3 Å². The van der Waals surface area contributed by atoms with Gasteiger partial charge in [-0.1, -0.05) is 12.2 Å². The van der Waals surface area contributed by atoms with Gasteiger partial charge in [0.15, 0.2) is 0 Å². The molecule has 2 rings (SSSR count). The number of aromatic nitrogens is 1. The van der Waals surface area contributed by atoms with E-state index in [2.05, 4.69) is 15.2 Å². The molecule has 2 heterocycles. The Labute approximate surface area is 171 Å². The number of esters is 1. The van der Waals surface area contributed by atoms with E-state index in [1.807, 2.05) is 32.9 Å². The molecule has 1 amide bonds. The van der Waals surface area contributed by atoms with Gasteiger partial charge >= 0.3 is 12.1 Å². The maximum absolute atomic E-state index is 11.9. The lowest BCUT2D eigenvalue weighted by Gasteiger charge is -2.22. The number of rotatable bonds is 7. The van der Waals surface area contributed by atoms with Crippen molar-refractivity contribution in [3.05, 3.63) is 24.0 Å². The number of pyridine rings is 1. The van der Waals surface area contributed by atoms with Crippen molar-refractivity contribution in [3.63, 3.8) is 0 Å². The highest BCUT2D eigenvalue weighted by Crippen LogP contribution is 2.20. The summed E-state index contributed by atoms with van der Waals surface area (Å²) in [6.45, 7) is 9.21. The topological polar surface area (TPSA) is 80.8 Å². The van der Waals surface area contributed by atoms with Crippen LogP contribution in [0.1, 0.15) is 46.2 Å². The van der Waals surface area contributed by atoms with E-state index in [-0.39, 0.29) is 24.5 Å². The summed E-state index contributed by atoms with van der Waals surface area (Å²) in [4.78, 5) is 30.6. The molecular formula is C20H29N3O4S. The van der Waals surface area contributed by atoms with Crippen LogP contribution in [0.25, 0.3) is 0 Å². The smallest absolute Gasteiger partial charge is 0.407 e. The number of carbonyl (C=O) groups is 2. The van der Waals surface area contributed by atoms with Crippen molar-refractivity contribution < 1.29 is 19.1 Å². The average molecular weight is 408 g/mol. The molecule has 1 N–H and O–H groups in total. The molecule has 1 aromatic rings. The van der Waals surface area contributed by atoms with Crippen LogP contribution in [-0.2, 0) is 20.7 Å². The maximum Gasteiger partial charge on any atom is 0.407 e. The number of nitrogens with one attached hydrogen (secondary N) is 1. The van der Waals surface area contributed by atoms with Crippen LogP contribution in [-0.4, -0.2) is 53.3 Å². The van der Waals surface area contributed by atoms with Crippen LogP contribution in [0.3, 0.4) is 0 Å². The molecule has 28 heavy (non-hydrogen) atoms. The molecular weight excluding hydrogens is 378 g/mol. The third-order valence-corrected chi connectivity index (χ3v) is 4.40. The maximum atomic E-state index is 11.9. The second-order valence-electron chi connectivity index (χ2n) is 7.78. The summed E-state index contributed by atoms with van der Waals surface area (Å²) in [5, 5.41) is 2.92. The van der Waals surface area contributed by atoms with E-state index < -0.39 is 5.60 Å². The molecule has 1 aliphatic heterocycles. The lowest BCUT2D eigenvalue weighted by molar-refractivity contribution is -0.141. The van der Waals surface area contributed by atoms with E-state index in [1.54, 1.807) is 13.1 Å². The fraction of sp³-hybridized carbons (Fsp3) is 0.600. The summed E-state index contributed by atoms with van der Waals surface area (Å²) >= 11 is 5.26. The number of amides is 1. The van der Waals surface area contributed by atoms with Crippen molar-refractivity contribution in [3.8, 4) is 0 Å². The molecule has 1 fully saturated rings. The largest absolute Gasteiger partial charge is 0.466 e. The first-order valence-corrected chi connectivity index (χ1v) is 9.94. The number of alkyl carbamates (subject to hydrolysis) is 1. The first kappa shape index (κ1) is 22.1. The summed E-state index contributed by atoms with van der Waals surface area (Å²) in [5.74, 6) is -0.301. The fourth-order valence-electron chi connectivity index (χ4n) is 2.93. The summed E-state index contributed by atoms with van der Waals surface area (Å²) < 4.78 is 10.2. The van der Waals surface area contributed by atoms with Crippen LogP contribution in [0, 0.1) is 0 Å². The summed E-state index contributed by atoms with van der Waals surface area (Å²) in [6.07, 6.45) is 2.87. The van der Waals surface area contributed by atoms with Gasteiger partial charge in [0.2, 0.25) is 0 Å². The lowest BCUT2D eigenvalue weighted by atomic mass is 10.1. The minimum atomic E-state index is -0.504. The van der Waals surface area contributed by atoms with Gasteiger partial charge in [0, 0.05) is 30.1 Å². The minimum absolute atomic E-state index is 0.0479. The number of carbonyl (C=O) groups excluding carboxylic acids is 2. The Kier molecular flexibility index (Phi) is 7.74. The average Bonchev–Trinajstić information content (AvgIpc) is 3.02. The molecule has 0 radical (unpaired) electrons. The Balaban J connectivity index is 1.83. The van der Waals surface area contributed by atoms with E-state index in [1.165, 1.54) is 0 Å². The van der Waals surface area contributed by atoms with Crippen molar-refractivity contribution >= 4 is 34.8 Å². The van der Waals surface area contributed by atoms with Gasteiger partial charge < -0.3 is 19.7 Å². The highest BCUT2D eigenvalue weighted by molar-refractivity contribution is 7.80. The fourth-order valence-corrected chi connectivity index (χ4v) is 3.20. The van der Waals surface area contributed by atoms with Gasteiger partial charge in [-0.3, -0.25) is 9.78 Å². The molecule has 1 aromatic heterocycles. The Morgan fingerprint density at radius 2 is 2.11 bits per heavy atom. The second kappa shape index (κ2) is 9.82. The Morgan fingerprint density at radius 3 is 2.71 bits per heavy atom. The predicted octanol–water partition coefficient (Wildman–Crippen LogP) is 3.05. The van der Waals surface area contributed by atoms with Crippen LogP contribution >= 0.6 is 12.2 Å². The standard InChI is InChI=1S/C20H29N3O4S/c1-5-26-18(24)11-17(28)10-14-6-7-16(12-21-14)23-9-8-15(13-23)22-19(25)27-20(2,3)4/h6-7,12,15H,5,8-11,13H2,1-4H3,(H,22,25). The normalized spacial score (nSPS) is 16.6. The molecule has 1 saturated heterocycles. The first-order valence-electron chi connectivity index (χ1n) is 9.53. The van der Waals surface area contributed by atoms with Crippen LogP contribution in [0.15, 0.2) is 18.3 Å². The van der Waals surface area contributed by atoms with Crippen LogP contribution in [0.4, 0.5) is 10.5 Å². The third kappa shape index (κ3) is 7.42. The Bertz CT molecular complexity index is 700. The molecule has 8 heteroatoms. The summed E-state index contributed by atoms with van der Waals surface area (Å²) in [5.41, 5.74) is 1.31. The SMILES string of the molecule is CCOC(=O)CC(=S)Cc1ccc(N2CCC(NC(=O)OC(C)(C)C)C2)cn1. The molecule has 1 atom stereocenters. The first-order chi connectivity index (χ1) is 13.2. The van der Waals surface area contributed by atoms with Crippen molar-refractivity contribution in [1.29, 1.82) is 0 Å². The van der Waals surface area contributed by atoms with Crippen molar-refractivity contribution in [2.45, 2.75) is 58.6 Å². The van der Waals surface area contributed by atoms with Gasteiger partial charge in [0.05, 0.1) is 31.0 Å². The number of ether oxygens (including phenoxy) is 2. The molecule has 0 bridgehead atoms. The van der Waals surface area contributed by atoms with Crippen molar-refractivity contribution in [2.24, 2.45) is 0 Å². The Hall–Kier alpha value is -2.22. The van der Waals surface area contributed by atoms with Crippen molar-refractivity contribution in [2.75, 3.05) is 24.6 Å². The number of hydrogen-bond donors (Lipinski definition) is 1. The molecule has 1 unspecified atom stereocenters. The molecule has 1 aliphatic rings. The van der Waals surface area contributed by atoms with Gasteiger partial charge in [-0.05, 0) is 46.2 Å². The lowest BCUT2D eigenvalue weighted by Crippen LogP contribution is -2.40. The number of nitrogens with zero attached hydrogens (tertiary/aromatic N) is 2. The van der Waals surface area contributed by atoms with Crippen LogP contribution in [0.5, 0.6) is 0 Å². The van der Waals surface area contributed by atoms with Gasteiger partial charge in [-0.25, -0.2) is 4.79 Å². The van der Waals surface area contributed by atoms with E-state index in [9.17, 15) is 9.59 Å². The molecule has 0 aromatic carbocycles. The molecule has 0 aliphatic carbocycles. The minimum Gasteiger partial charge on any atom is -0.466 e. The predicted molar refractivity (Wildman–Crippen MR) is 112 cm³/mol. The zero-order chi connectivity index (χ0) is 20.7. The number of hydrogen-bond acceptors (Lipinski definition) is 7. The summed E-state index contributed by atoms with van der Waals surface area (Å²) in [6, 6.07) is 3.96. The van der Waals surface area contributed by atoms with Gasteiger partial charge in [0.1, 0.15) is 5.60 Å². The highest BCUT2D eigenvalue weighted by Gasteiger charge is 2.26. The molecule has 0 spiro atoms. The molecule has 154 valence electrons.